The van der Waals surface area contributed by atoms with Crippen LogP contribution in [0.3, 0.4) is 0 Å². The minimum absolute atomic E-state index is 0.101. The third-order valence-electron chi connectivity index (χ3n) is 4.05. The Morgan fingerprint density at radius 1 is 1.15 bits per heavy atom. The predicted molar refractivity (Wildman–Crippen MR) is 78.6 cm³/mol. The van der Waals surface area contributed by atoms with E-state index < -0.39 is 0 Å². The highest BCUT2D eigenvalue weighted by atomic mass is 19.1. The number of phenolic OH excluding ortho intramolecular Hbond substituents is 1. The van der Waals surface area contributed by atoms with Gasteiger partial charge in [0.15, 0.2) is 0 Å². The SMILES string of the molecule is Cc1cc(NC2CC(c3ccccc3F)C2)ccc1O. The molecule has 0 bridgehead atoms. The van der Waals surface area contributed by atoms with Crippen molar-refractivity contribution in [1.29, 1.82) is 0 Å². The van der Waals surface area contributed by atoms with Crippen LogP contribution in [0.25, 0.3) is 0 Å². The average molecular weight is 271 g/mol. The van der Waals surface area contributed by atoms with Gasteiger partial charge in [0.2, 0.25) is 0 Å². The van der Waals surface area contributed by atoms with Gasteiger partial charge in [-0.2, -0.15) is 0 Å². The van der Waals surface area contributed by atoms with E-state index in [1.165, 1.54) is 6.07 Å². The number of anilines is 1. The van der Waals surface area contributed by atoms with E-state index >= 15 is 0 Å². The summed E-state index contributed by atoms with van der Waals surface area (Å²) in [6.07, 6.45) is 1.89. The molecule has 104 valence electrons. The van der Waals surface area contributed by atoms with Gasteiger partial charge in [-0.1, -0.05) is 18.2 Å². The maximum atomic E-state index is 13.7. The van der Waals surface area contributed by atoms with Crippen LogP contribution in [0.5, 0.6) is 5.75 Å². The van der Waals surface area contributed by atoms with Crippen molar-refractivity contribution in [2.24, 2.45) is 0 Å². The first-order valence-electron chi connectivity index (χ1n) is 6.94. The molecule has 2 aromatic rings. The lowest BCUT2D eigenvalue weighted by Crippen LogP contribution is -2.34. The third kappa shape index (κ3) is 2.48. The molecular weight excluding hydrogens is 253 g/mol. The number of phenols is 1. The lowest BCUT2D eigenvalue weighted by atomic mass is 9.75. The van der Waals surface area contributed by atoms with Gasteiger partial charge in [-0.3, -0.25) is 0 Å². The lowest BCUT2D eigenvalue weighted by molar-refractivity contribution is 0.363. The highest BCUT2D eigenvalue weighted by Gasteiger charge is 2.31. The van der Waals surface area contributed by atoms with E-state index in [0.29, 0.717) is 17.7 Å². The quantitative estimate of drug-likeness (QED) is 0.820. The van der Waals surface area contributed by atoms with Crippen LogP contribution in [0.1, 0.15) is 29.9 Å². The average Bonchev–Trinajstić information content (AvgIpc) is 2.39. The van der Waals surface area contributed by atoms with Gasteiger partial charge in [0.25, 0.3) is 0 Å². The van der Waals surface area contributed by atoms with Crippen LogP contribution in [0, 0.1) is 12.7 Å². The summed E-state index contributed by atoms with van der Waals surface area (Å²) >= 11 is 0. The zero-order valence-corrected chi connectivity index (χ0v) is 11.4. The molecule has 0 heterocycles. The molecule has 3 rings (SSSR count). The maximum Gasteiger partial charge on any atom is 0.126 e. The Morgan fingerprint density at radius 2 is 1.90 bits per heavy atom. The second kappa shape index (κ2) is 5.16. The Bertz CT molecular complexity index is 620. The molecule has 0 amide bonds. The Labute approximate surface area is 118 Å². The van der Waals surface area contributed by atoms with Gasteiger partial charge in [0, 0.05) is 11.7 Å². The van der Waals surface area contributed by atoms with Crippen molar-refractivity contribution in [3.05, 3.63) is 59.4 Å². The molecule has 0 unspecified atom stereocenters. The molecule has 0 radical (unpaired) electrons. The van der Waals surface area contributed by atoms with Crippen LogP contribution in [0.15, 0.2) is 42.5 Å². The number of aromatic hydroxyl groups is 1. The van der Waals surface area contributed by atoms with Gasteiger partial charge in [0.1, 0.15) is 11.6 Å². The van der Waals surface area contributed by atoms with Crippen molar-refractivity contribution in [2.75, 3.05) is 5.32 Å². The molecule has 1 aliphatic rings. The fourth-order valence-electron chi connectivity index (χ4n) is 2.78. The van der Waals surface area contributed by atoms with E-state index in [0.717, 1.165) is 29.7 Å². The summed E-state index contributed by atoms with van der Waals surface area (Å²) in [4.78, 5) is 0. The van der Waals surface area contributed by atoms with Crippen LogP contribution in [0.4, 0.5) is 10.1 Å². The van der Waals surface area contributed by atoms with E-state index in [9.17, 15) is 9.50 Å². The number of benzene rings is 2. The zero-order valence-electron chi connectivity index (χ0n) is 11.4. The molecule has 3 heteroatoms. The molecule has 1 aliphatic carbocycles. The Hall–Kier alpha value is -2.03. The molecule has 0 aliphatic heterocycles. The fraction of sp³-hybridized carbons (Fsp3) is 0.294. The number of aryl methyl sites for hydroxylation is 1. The molecule has 0 aromatic heterocycles. The first-order chi connectivity index (χ1) is 9.63. The molecule has 0 saturated heterocycles. The van der Waals surface area contributed by atoms with Crippen LogP contribution in [-0.4, -0.2) is 11.1 Å². The summed E-state index contributed by atoms with van der Waals surface area (Å²) in [5.74, 6) is 0.525. The number of hydrogen-bond acceptors (Lipinski definition) is 2. The van der Waals surface area contributed by atoms with E-state index in [2.05, 4.69) is 5.32 Å². The molecule has 2 N–H and O–H groups in total. The molecule has 1 fully saturated rings. The van der Waals surface area contributed by atoms with Gasteiger partial charge >= 0.3 is 0 Å². The van der Waals surface area contributed by atoms with Crippen LogP contribution in [-0.2, 0) is 0 Å². The molecule has 0 atom stereocenters. The second-order valence-electron chi connectivity index (χ2n) is 5.53. The minimum atomic E-state index is -0.101. The molecular formula is C17H18FNO. The van der Waals surface area contributed by atoms with E-state index in [1.54, 1.807) is 12.1 Å². The monoisotopic (exact) mass is 271 g/mol. The highest BCUT2D eigenvalue weighted by molar-refractivity contribution is 5.51. The van der Waals surface area contributed by atoms with Crippen molar-refractivity contribution in [2.45, 2.75) is 31.7 Å². The smallest absolute Gasteiger partial charge is 0.126 e. The van der Waals surface area contributed by atoms with E-state index in [1.807, 2.05) is 31.2 Å². The lowest BCUT2D eigenvalue weighted by Gasteiger charge is -2.37. The molecule has 2 aromatic carbocycles. The van der Waals surface area contributed by atoms with Gasteiger partial charge in [0.05, 0.1) is 0 Å². The standard InChI is InChI=1S/C17H18FNO/c1-11-8-13(6-7-17(11)20)19-14-9-12(10-14)15-4-2-3-5-16(15)18/h2-8,12,14,19-20H,9-10H2,1H3. The predicted octanol–water partition coefficient (Wildman–Crippen LogP) is 4.20. The summed E-state index contributed by atoms with van der Waals surface area (Å²) in [6, 6.07) is 12.9. The first kappa shape index (κ1) is 13.0. The molecule has 2 nitrogen and oxygen atoms in total. The van der Waals surface area contributed by atoms with Gasteiger partial charge in [-0.15, -0.1) is 0 Å². The van der Waals surface area contributed by atoms with E-state index in [-0.39, 0.29) is 5.82 Å². The van der Waals surface area contributed by atoms with Gasteiger partial charge < -0.3 is 10.4 Å². The summed E-state index contributed by atoms with van der Waals surface area (Å²) in [6.45, 7) is 1.88. The summed E-state index contributed by atoms with van der Waals surface area (Å²) in [7, 11) is 0. The van der Waals surface area contributed by atoms with Crippen molar-refractivity contribution in [3.8, 4) is 5.75 Å². The Balaban J connectivity index is 1.61. The van der Waals surface area contributed by atoms with Crippen molar-refractivity contribution in [3.63, 3.8) is 0 Å². The minimum Gasteiger partial charge on any atom is -0.508 e. The Kier molecular flexibility index (Phi) is 3.35. The van der Waals surface area contributed by atoms with Crippen LogP contribution >= 0.6 is 0 Å². The van der Waals surface area contributed by atoms with Crippen molar-refractivity contribution >= 4 is 5.69 Å². The molecule has 1 saturated carbocycles. The van der Waals surface area contributed by atoms with Gasteiger partial charge in [-0.25, -0.2) is 4.39 Å². The number of halogens is 1. The Morgan fingerprint density at radius 3 is 2.60 bits per heavy atom. The first-order valence-corrected chi connectivity index (χ1v) is 6.94. The topological polar surface area (TPSA) is 32.3 Å². The zero-order chi connectivity index (χ0) is 14.1. The van der Waals surface area contributed by atoms with Crippen LogP contribution < -0.4 is 5.32 Å². The molecule has 0 spiro atoms. The third-order valence-corrected chi connectivity index (χ3v) is 4.05. The number of rotatable bonds is 3. The summed E-state index contributed by atoms with van der Waals surface area (Å²) < 4.78 is 13.7. The van der Waals surface area contributed by atoms with Gasteiger partial charge in [-0.05, 0) is 61.1 Å². The number of nitrogens with one attached hydrogen (secondary N) is 1. The largest absolute Gasteiger partial charge is 0.508 e. The maximum absolute atomic E-state index is 13.7. The normalized spacial score (nSPS) is 21.3. The summed E-state index contributed by atoms with van der Waals surface area (Å²) in [5, 5.41) is 12.9. The van der Waals surface area contributed by atoms with Crippen molar-refractivity contribution < 1.29 is 9.50 Å². The second-order valence-corrected chi connectivity index (χ2v) is 5.53. The molecule has 20 heavy (non-hydrogen) atoms. The van der Waals surface area contributed by atoms with Crippen LogP contribution in [0.2, 0.25) is 0 Å². The highest BCUT2D eigenvalue weighted by Crippen LogP contribution is 2.39. The van der Waals surface area contributed by atoms with Crippen molar-refractivity contribution in [1.82, 2.24) is 0 Å². The van der Waals surface area contributed by atoms with E-state index in [4.69, 9.17) is 0 Å². The number of hydrogen-bond donors (Lipinski definition) is 2. The summed E-state index contributed by atoms with van der Waals surface area (Å²) in [5.41, 5.74) is 2.70. The fourth-order valence-corrected chi connectivity index (χ4v) is 2.78.